The lowest BCUT2D eigenvalue weighted by Gasteiger charge is -2.08. The summed E-state index contributed by atoms with van der Waals surface area (Å²) in [7, 11) is 1.26. The van der Waals surface area contributed by atoms with Gasteiger partial charge in [0.15, 0.2) is 0 Å². The highest BCUT2D eigenvalue weighted by Gasteiger charge is 2.12. The van der Waals surface area contributed by atoms with E-state index in [0.717, 1.165) is 11.6 Å². The molecule has 0 aliphatic rings. The van der Waals surface area contributed by atoms with Gasteiger partial charge >= 0.3 is 5.97 Å². The van der Waals surface area contributed by atoms with Gasteiger partial charge in [-0.25, -0.2) is 9.18 Å². The summed E-state index contributed by atoms with van der Waals surface area (Å²) in [6.07, 6.45) is 0. The maximum Gasteiger partial charge on any atom is 0.337 e. The molecule has 19 heavy (non-hydrogen) atoms. The Balaban J connectivity index is 2.59. The van der Waals surface area contributed by atoms with Crippen molar-refractivity contribution in [2.45, 2.75) is 6.92 Å². The Morgan fingerprint density at radius 3 is 2.63 bits per heavy atom. The first-order chi connectivity index (χ1) is 9.01. The predicted octanol–water partition coefficient (Wildman–Crippen LogP) is 4.24. The second kappa shape index (κ2) is 5.41. The summed E-state index contributed by atoms with van der Waals surface area (Å²) in [6, 6.07) is 9.50. The third-order valence-corrected chi connectivity index (χ3v) is 3.08. The maximum absolute atomic E-state index is 13.6. The van der Waals surface area contributed by atoms with Crippen LogP contribution in [0.3, 0.4) is 0 Å². The topological polar surface area (TPSA) is 26.3 Å². The lowest BCUT2D eigenvalue weighted by Crippen LogP contribution is -2.02. The molecule has 0 aliphatic carbocycles. The fraction of sp³-hybridized carbons (Fsp3) is 0.133. The van der Waals surface area contributed by atoms with Crippen molar-refractivity contribution >= 4 is 17.6 Å². The van der Waals surface area contributed by atoms with Crippen LogP contribution in [0.25, 0.3) is 11.1 Å². The Morgan fingerprint density at radius 2 is 1.95 bits per heavy atom. The zero-order valence-electron chi connectivity index (χ0n) is 10.5. The molecule has 98 valence electrons. The molecule has 4 heteroatoms. The van der Waals surface area contributed by atoms with Crippen molar-refractivity contribution in [1.29, 1.82) is 0 Å². The smallest absolute Gasteiger partial charge is 0.337 e. The number of hydrogen-bond acceptors (Lipinski definition) is 2. The Labute approximate surface area is 115 Å². The van der Waals surface area contributed by atoms with E-state index in [1.807, 2.05) is 19.1 Å². The zero-order valence-corrected chi connectivity index (χ0v) is 11.3. The molecule has 2 nitrogen and oxygen atoms in total. The number of carbonyl (C=O) groups is 1. The molecule has 0 aliphatic heterocycles. The number of rotatable bonds is 2. The van der Waals surface area contributed by atoms with Crippen molar-refractivity contribution in [3.8, 4) is 11.1 Å². The van der Waals surface area contributed by atoms with Gasteiger partial charge in [-0.2, -0.15) is 0 Å². The van der Waals surface area contributed by atoms with Gasteiger partial charge in [-0.3, -0.25) is 0 Å². The van der Waals surface area contributed by atoms with Crippen LogP contribution in [-0.2, 0) is 4.74 Å². The molecular weight excluding hydrogens is 267 g/mol. The van der Waals surface area contributed by atoms with Gasteiger partial charge in [0.25, 0.3) is 0 Å². The van der Waals surface area contributed by atoms with E-state index in [0.29, 0.717) is 16.1 Å². The fourth-order valence-electron chi connectivity index (χ4n) is 1.84. The Hall–Kier alpha value is -1.87. The molecule has 0 heterocycles. The summed E-state index contributed by atoms with van der Waals surface area (Å²) < 4.78 is 18.2. The van der Waals surface area contributed by atoms with Crippen LogP contribution >= 0.6 is 11.6 Å². The van der Waals surface area contributed by atoms with Crippen molar-refractivity contribution in [1.82, 2.24) is 0 Å². The SMILES string of the molecule is COC(=O)c1cc(F)cc(-c2cc(C)ccc2Cl)c1. The third kappa shape index (κ3) is 2.93. The molecule has 0 amide bonds. The summed E-state index contributed by atoms with van der Waals surface area (Å²) in [6.45, 7) is 1.92. The van der Waals surface area contributed by atoms with E-state index >= 15 is 0 Å². The predicted molar refractivity (Wildman–Crippen MR) is 72.9 cm³/mol. The van der Waals surface area contributed by atoms with E-state index in [4.69, 9.17) is 11.6 Å². The standard InChI is InChI=1S/C15H12ClFO2/c1-9-3-4-14(16)13(5-9)10-6-11(15(18)19-2)8-12(17)7-10/h3-8H,1-2H3. The average Bonchev–Trinajstić information content (AvgIpc) is 2.39. The zero-order chi connectivity index (χ0) is 14.0. The van der Waals surface area contributed by atoms with Crippen LogP contribution in [0.15, 0.2) is 36.4 Å². The normalized spacial score (nSPS) is 10.3. The number of esters is 1. The summed E-state index contributed by atoms with van der Waals surface area (Å²) in [5.74, 6) is -1.08. The molecule has 0 spiro atoms. The van der Waals surface area contributed by atoms with Gasteiger partial charge in [0, 0.05) is 10.6 Å². The summed E-state index contributed by atoms with van der Waals surface area (Å²) in [4.78, 5) is 11.5. The molecule has 2 rings (SSSR count). The Bertz CT molecular complexity index is 638. The Kier molecular flexibility index (Phi) is 3.86. The molecule has 0 aromatic heterocycles. The highest BCUT2D eigenvalue weighted by molar-refractivity contribution is 6.33. The van der Waals surface area contributed by atoms with Crippen LogP contribution < -0.4 is 0 Å². The van der Waals surface area contributed by atoms with E-state index in [-0.39, 0.29) is 5.56 Å². The maximum atomic E-state index is 13.6. The van der Waals surface area contributed by atoms with Crippen LogP contribution in [0, 0.1) is 12.7 Å². The number of aryl methyl sites for hydroxylation is 1. The van der Waals surface area contributed by atoms with Gasteiger partial charge in [0.1, 0.15) is 5.82 Å². The number of methoxy groups -OCH3 is 1. The van der Waals surface area contributed by atoms with Crippen molar-refractivity contribution in [2.24, 2.45) is 0 Å². The highest BCUT2D eigenvalue weighted by atomic mass is 35.5. The number of carbonyl (C=O) groups excluding carboxylic acids is 1. The molecule has 2 aromatic carbocycles. The molecule has 0 saturated heterocycles. The van der Waals surface area contributed by atoms with Gasteiger partial charge in [-0.1, -0.05) is 23.2 Å². The van der Waals surface area contributed by atoms with Gasteiger partial charge in [0.05, 0.1) is 12.7 Å². The van der Waals surface area contributed by atoms with Crippen LogP contribution in [0.2, 0.25) is 5.02 Å². The number of ether oxygens (including phenoxy) is 1. The fourth-order valence-corrected chi connectivity index (χ4v) is 2.07. The molecule has 0 atom stereocenters. The van der Waals surface area contributed by atoms with E-state index in [1.54, 1.807) is 12.1 Å². The molecule has 0 radical (unpaired) electrons. The summed E-state index contributed by atoms with van der Waals surface area (Å²) in [5, 5.41) is 0.506. The highest BCUT2D eigenvalue weighted by Crippen LogP contribution is 2.30. The van der Waals surface area contributed by atoms with Crippen LogP contribution in [0.4, 0.5) is 4.39 Å². The van der Waals surface area contributed by atoms with Gasteiger partial charge in [0.2, 0.25) is 0 Å². The van der Waals surface area contributed by atoms with E-state index < -0.39 is 11.8 Å². The van der Waals surface area contributed by atoms with Crippen LogP contribution in [-0.4, -0.2) is 13.1 Å². The van der Waals surface area contributed by atoms with Gasteiger partial charge in [-0.05, 0) is 42.8 Å². The van der Waals surface area contributed by atoms with Crippen LogP contribution in [0.5, 0.6) is 0 Å². The molecule has 0 fully saturated rings. The van der Waals surface area contributed by atoms with E-state index in [2.05, 4.69) is 4.74 Å². The Morgan fingerprint density at radius 1 is 1.21 bits per heavy atom. The number of halogens is 2. The van der Waals surface area contributed by atoms with Crippen molar-refractivity contribution in [3.05, 3.63) is 58.4 Å². The lowest BCUT2D eigenvalue weighted by molar-refractivity contribution is 0.0600. The molecule has 2 aromatic rings. The van der Waals surface area contributed by atoms with Crippen LogP contribution in [0.1, 0.15) is 15.9 Å². The molecule has 0 N–H and O–H groups in total. The monoisotopic (exact) mass is 278 g/mol. The molecule has 0 saturated carbocycles. The van der Waals surface area contributed by atoms with Gasteiger partial charge in [-0.15, -0.1) is 0 Å². The largest absolute Gasteiger partial charge is 0.465 e. The van der Waals surface area contributed by atoms with E-state index in [9.17, 15) is 9.18 Å². The number of hydrogen-bond donors (Lipinski definition) is 0. The van der Waals surface area contributed by atoms with Gasteiger partial charge < -0.3 is 4.74 Å². The lowest BCUT2D eigenvalue weighted by atomic mass is 10.0. The summed E-state index contributed by atoms with van der Waals surface area (Å²) >= 11 is 6.11. The molecular formula is C15H12ClFO2. The first kappa shape index (κ1) is 13.6. The second-order valence-electron chi connectivity index (χ2n) is 4.20. The minimum absolute atomic E-state index is 0.162. The van der Waals surface area contributed by atoms with Crippen molar-refractivity contribution in [3.63, 3.8) is 0 Å². The van der Waals surface area contributed by atoms with Crippen molar-refractivity contribution in [2.75, 3.05) is 7.11 Å². The van der Waals surface area contributed by atoms with Crippen molar-refractivity contribution < 1.29 is 13.9 Å². The third-order valence-electron chi connectivity index (χ3n) is 2.75. The molecule has 0 unspecified atom stereocenters. The first-order valence-electron chi connectivity index (χ1n) is 5.66. The second-order valence-corrected chi connectivity index (χ2v) is 4.61. The quantitative estimate of drug-likeness (QED) is 0.768. The molecule has 0 bridgehead atoms. The average molecular weight is 279 g/mol. The van der Waals surface area contributed by atoms with E-state index in [1.165, 1.54) is 13.2 Å². The minimum atomic E-state index is -0.579. The first-order valence-corrected chi connectivity index (χ1v) is 6.04. The summed E-state index contributed by atoms with van der Waals surface area (Å²) in [5.41, 5.74) is 2.40. The number of benzene rings is 2. The minimum Gasteiger partial charge on any atom is -0.465 e.